The van der Waals surface area contributed by atoms with Crippen molar-refractivity contribution in [3.05, 3.63) is 35.6 Å². The minimum atomic E-state index is -0.245. The molecule has 0 spiro atoms. The van der Waals surface area contributed by atoms with Gasteiger partial charge in [-0.1, -0.05) is 18.8 Å². The van der Waals surface area contributed by atoms with Crippen molar-refractivity contribution in [2.75, 3.05) is 0 Å². The molecule has 0 amide bonds. The molecule has 0 N–H and O–H groups in total. The van der Waals surface area contributed by atoms with E-state index in [0.29, 0.717) is 0 Å². The van der Waals surface area contributed by atoms with E-state index in [1.54, 1.807) is 12.1 Å². The van der Waals surface area contributed by atoms with Gasteiger partial charge in [-0.05, 0) is 36.1 Å². The van der Waals surface area contributed by atoms with Gasteiger partial charge < -0.3 is 0 Å². The van der Waals surface area contributed by atoms with Crippen LogP contribution in [0.4, 0.5) is 4.39 Å². The van der Waals surface area contributed by atoms with E-state index in [0.717, 1.165) is 12.0 Å². The van der Waals surface area contributed by atoms with Crippen LogP contribution in [0, 0.1) is 29.5 Å². The molecule has 0 saturated carbocycles. The Morgan fingerprint density at radius 2 is 1.85 bits per heavy atom. The zero-order valence-electron chi connectivity index (χ0n) is 7.39. The first-order valence-corrected chi connectivity index (χ1v) is 4.07. The minimum absolute atomic E-state index is 0.245. The van der Waals surface area contributed by atoms with Crippen LogP contribution in [0.25, 0.3) is 0 Å². The molecule has 0 aliphatic rings. The third-order valence-corrected chi connectivity index (χ3v) is 1.38. The van der Waals surface area contributed by atoms with Crippen molar-refractivity contribution in [3.63, 3.8) is 0 Å². The molecule has 64 valence electrons. The molecular formula is C12H9F. The fourth-order valence-electron chi connectivity index (χ4n) is 0.769. The molecule has 0 aromatic heterocycles. The first-order valence-electron chi connectivity index (χ1n) is 4.07. The Bertz CT molecular complexity index is 379. The van der Waals surface area contributed by atoms with Gasteiger partial charge in [-0.15, -0.1) is 0 Å². The highest BCUT2D eigenvalue weighted by Crippen LogP contribution is 1.99. The minimum Gasteiger partial charge on any atom is -0.207 e. The van der Waals surface area contributed by atoms with E-state index in [1.165, 1.54) is 12.1 Å². The zero-order chi connectivity index (χ0) is 9.52. The molecule has 0 bridgehead atoms. The lowest BCUT2D eigenvalue weighted by Gasteiger charge is -1.87. The SMILES string of the molecule is CCC#CC#Cc1ccc(F)cc1. The highest BCUT2D eigenvalue weighted by atomic mass is 19.1. The molecule has 1 aromatic carbocycles. The summed E-state index contributed by atoms with van der Waals surface area (Å²) in [6.07, 6.45) is 0.804. The van der Waals surface area contributed by atoms with E-state index in [-0.39, 0.29) is 5.82 Å². The number of benzene rings is 1. The summed E-state index contributed by atoms with van der Waals surface area (Å²) < 4.78 is 12.5. The van der Waals surface area contributed by atoms with Crippen molar-refractivity contribution in [1.82, 2.24) is 0 Å². The van der Waals surface area contributed by atoms with Crippen LogP contribution >= 0.6 is 0 Å². The molecular weight excluding hydrogens is 163 g/mol. The molecule has 0 heterocycles. The predicted molar refractivity (Wildman–Crippen MR) is 51.3 cm³/mol. The normalized spacial score (nSPS) is 7.85. The topological polar surface area (TPSA) is 0 Å². The highest BCUT2D eigenvalue weighted by molar-refractivity contribution is 5.39. The lowest BCUT2D eigenvalue weighted by molar-refractivity contribution is 0.627. The number of hydrogen-bond acceptors (Lipinski definition) is 0. The summed E-state index contributed by atoms with van der Waals surface area (Å²) in [6, 6.07) is 6.04. The van der Waals surface area contributed by atoms with Crippen LogP contribution in [0.3, 0.4) is 0 Å². The first-order chi connectivity index (χ1) is 6.33. The summed E-state index contributed by atoms with van der Waals surface area (Å²) in [5.41, 5.74) is 0.784. The van der Waals surface area contributed by atoms with Crippen molar-refractivity contribution in [2.24, 2.45) is 0 Å². The second-order valence-electron chi connectivity index (χ2n) is 2.41. The average Bonchev–Trinajstić information content (AvgIpc) is 2.15. The summed E-state index contributed by atoms with van der Waals surface area (Å²) in [5.74, 6) is 10.8. The molecule has 0 aliphatic heterocycles. The molecule has 0 unspecified atom stereocenters. The number of rotatable bonds is 0. The summed E-state index contributed by atoms with van der Waals surface area (Å²) >= 11 is 0. The van der Waals surface area contributed by atoms with Crippen LogP contribution in [-0.2, 0) is 0 Å². The molecule has 0 nitrogen and oxygen atoms in total. The summed E-state index contributed by atoms with van der Waals surface area (Å²) in [5, 5.41) is 0. The Hall–Kier alpha value is -1.73. The molecule has 0 fully saturated rings. The van der Waals surface area contributed by atoms with Gasteiger partial charge in [0.05, 0.1) is 0 Å². The van der Waals surface area contributed by atoms with E-state index < -0.39 is 0 Å². The van der Waals surface area contributed by atoms with Gasteiger partial charge in [-0.2, -0.15) is 0 Å². The van der Waals surface area contributed by atoms with Gasteiger partial charge >= 0.3 is 0 Å². The van der Waals surface area contributed by atoms with Gasteiger partial charge in [0.1, 0.15) is 5.82 Å². The van der Waals surface area contributed by atoms with E-state index in [1.807, 2.05) is 6.92 Å². The molecule has 1 aromatic rings. The average molecular weight is 172 g/mol. The smallest absolute Gasteiger partial charge is 0.123 e. The number of hydrogen-bond donors (Lipinski definition) is 0. The highest BCUT2D eigenvalue weighted by Gasteiger charge is 1.86. The Morgan fingerprint density at radius 3 is 2.46 bits per heavy atom. The monoisotopic (exact) mass is 172 g/mol. The van der Waals surface area contributed by atoms with Crippen LogP contribution in [0.2, 0.25) is 0 Å². The number of halogens is 1. The standard InChI is InChI=1S/C12H9F/c1-2-3-4-5-6-11-7-9-12(13)10-8-11/h7-10H,2H2,1H3. The maximum Gasteiger partial charge on any atom is 0.123 e. The largest absolute Gasteiger partial charge is 0.207 e. The summed E-state index contributed by atoms with van der Waals surface area (Å²) in [7, 11) is 0. The molecule has 0 saturated heterocycles. The van der Waals surface area contributed by atoms with Crippen LogP contribution in [0.15, 0.2) is 24.3 Å². The van der Waals surface area contributed by atoms with Gasteiger partial charge in [-0.3, -0.25) is 0 Å². The van der Waals surface area contributed by atoms with Crippen LogP contribution in [0.5, 0.6) is 0 Å². The van der Waals surface area contributed by atoms with E-state index in [9.17, 15) is 4.39 Å². The van der Waals surface area contributed by atoms with Crippen LogP contribution in [0.1, 0.15) is 18.9 Å². The second kappa shape index (κ2) is 5.01. The van der Waals surface area contributed by atoms with Gasteiger partial charge in [0, 0.05) is 12.0 Å². The van der Waals surface area contributed by atoms with Crippen molar-refractivity contribution < 1.29 is 4.39 Å². The Morgan fingerprint density at radius 1 is 1.15 bits per heavy atom. The van der Waals surface area contributed by atoms with Crippen LogP contribution < -0.4 is 0 Å². The Kier molecular flexibility index (Phi) is 3.61. The lowest BCUT2D eigenvalue weighted by Crippen LogP contribution is -1.74. The fourth-order valence-corrected chi connectivity index (χ4v) is 0.769. The van der Waals surface area contributed by atoms with Crippen molar-refractivity contribution in [2.45, 2.75) is 13.3 Å². The quantitative estimate of drug-likeness (QED) is 0.528. The zero-order valence-corrected chi connectivity index (χ0v) is 7.39. The molecule has 0 atom stereocenters. The Balaban J connectivity index is 2.72. The molecule has 0 aliphatic carbocycles. The van der Waals surface area contributed by atoms with Gasteiger partial charge in [0.15, 0.2) is 0 Å². The fraction of sp³-hybridized carbons (Fsp3) is 0.167. The maximum absolute atomic E-state index is 12.5. The molecule has 0 radical (unpaired) electrons. The second-order valence-corrected chi connectivity index (χ2v) is 2.41. The third-order valence-electron chi connectivity index (χ3n) is 1.38. The summed E-state index contributed by atoms with van der Waals surface area (Å²) in [6.45, 7) is 1.96. The van der Waals surface area contributed by atoms with E-state index >= 15 is 0 Å². The molecule has 1 heteroatoms. The lowest BCUT2D eigenvalue weighted by atomic mass is 10.2. The van der Waals surface area contributed by atoms with Crippen molar-refractivity contribution >= 4 is 0 Å². The maximum atomic E-state index is 12.5. The van der Waals surface area contributed by atoms with Gasteiger partial charge in [-0.25, -0.2) is 4.39 Å². The van der Waals surface area contributed by atoms with E-state index in [4.69, 9.17) is 0 Å². The van der Waals surface area contributed by atoms with Crippen LogP contribution in [-0.4, -0.2) is 0 Å². The summed E-state index contributed by atoms with van der Waals surface area (Å²) in [4.78, 5) is 0. The molecule has 1 rings (SSSR count). The van der Waals surface area contributed by atoms with Crippen molar-refractivity contribution in [1.29, 1.82) is 0 Å². The first kappa shape index (κ1) is 9.36. The molecule has 13 heavy (non-hydrogen) atoms. The predicted octanol–water partition coefficient (Wildman–Crippen LogP) is 2.59. The van der Waals surface area contributed by atoms with Gasteiger partial charge in [0.25, 0.3) is 0 Å². The Labute approximate surface area is 77.8 Å². The van der Waals surface area contributed by atoms with Crippen molar-refractivity contribution in [3.8, 4) is 23.7 Å². The third kappa shape index (κ3) is 3.45. The van der Waals surface area contributed by atoms with Gasteiger partial charge in [0.2, 0.25) is 0 Å². The van der Waals surface area contributed by atoms with E-state index in [2.05, 4.69) is 23.7 Å².